The average Bonchev–Trinajstić information content (AvgIpc) is 2.90. The van der Waals surface area contributed by atoms with Crippen LogP contribution in [0.3, 0.4) is 0 Å². The quantitative estimate of drug-likeness (QED) is 0.328. The second-order valence-corrected chi connectivity index (χ2v) is 10.6. The third-order valence-electron chi connectivity index (χ3n) is 6.03. The summed E-state index contributed by atoms with van der Waals surface area (Å²) in [5.74, 6) is -4.40. The van der Waals surface area contributed by atoms with Crippen LogP contribution >= 0.6 is 0 Å². The number of aryl methyl sites for hydroxylation is 2. The highest BCUT2D eigenvalue weighted by atomic mass is 32.2. The van der Waals surface area contributed by atoms with Crippen LogP contribution in [0.4, 0.5) is 29.1 Å². The maximum absolute atomic E-state index is 13.6. The van der Waals surface area contributed by atoms with Crippen LogP contribution in [0.1, 0.15) is 33.5 Å². The molecule has 1 aromatic heterocycles. The fourth-order valence-electron chi connectivity index (χ4n) is 4.04. The standard InChI is InChI=1S/C25H24FN3O4S.C2HF3O2/c1-16-5-3-4-6-21(16)18-9-11-29(12-10-18)24-22(25(30)31)14-20(15-27-24)28-34(32,33)23-13-19(26)8-7-17(23)2;3-2(4,5)1(6)7/h3-9,13-15,28H,10-12H2,1-2H3,(H,30,31);(H,6,7). The molecule has 0 aliphatic carbocycles. The Balaban J connectivity index is 0.000000587. The van der Waals surface area contributed by atoms with Crippen molar-refractivity contribution in [1.82, 2.24) is 4.98 Å². The number of rotatable bonds is 6. The third kappa shape index (κ3) is 7.81. The van der Waals surface area contributed by atoms with Crippen molar-refractivity contribution in [3.63, 3.8) is 0 Å². The Bertz CT molecular complexity index is 1610. The Morgan fingerprint density at radius 1 is 1.02 bits per heavy atom. The van der Waals surface area contributed by atoms with Crippen LogP contribution in [0.25, 0.3) is 5.57 Å². The summed E-state index contributed by atoms with van der Waals surface area (Å²) in [6.45, 7) is 4.65. The number of alkyl halides is 3. The van der Waals surface area contributed by atoms with E-state index in [0.717, 1.165) is 12.5 Å². The highest BCUT2D eigenvalue weighted by Gasteiger charge is 2.38. The molecule has 218 valence electrons. The number of halogens is 4. The highest BCUT2D eigenvalue weighted by molar-refractivity contribution is 7.92. The monoisotopic (exact) mass is 595 g/mol. The Kier molecular flexibility index (Phi) is 9.38. The molecule has 9 nitrogen and oxygen atoms in total. The number of pyridine rings is 1. The summed E-state index contributed by atoms with van der Waals surface area (Å²) in [4.78, 5) is 26.8. The van der Waals surface area contributed by atoms with E-state index in [2.05, 4.69) is 34.8 Å². The van der Waals surface area contributed by atoms with Crippen LogP contribution < -0.4 is 9.62 Å². The molecule has 0 bridgehead atoms. The first kappa shape index (κ1) is 31.1. The number of carbonyl (C=O) groups is 2. The molecule has 2 heterocycles. The minimum atomic E-state index is -5.08. The smallest absolute Gasteiger partial charge is 0.478 e. The van der Waals surface area contributed by atoms with Crippen molar-refractivity contribution in [3.8, 4) is 0 Å². The SMILES string of the molecule is Cc1ccccc1C1=CCN(c2ncc(NS(=O)(=O)c3cc(F)ccc3C)cc2C(=O)O)CC1.O=C(O)C(F)(F)F. The predicted octanol–water partition coefficient (Wildman–Crippen LogP) is 5.26. The number of aromatic nitrogens is 1. The van der Waals surface area contributed by atoms with Crippen molar-refractivity contribution in [2.24, 2.45) is 0 Å². The van der Waals surface area contributed by atoms with Crippen LogP contribution in [0, 0.1) is 19.7 Å². The van der Waals surface area contributed by atoms with Crippen molar-refractivity contribution >= 4 is 39.0 Å². The van der Waals surface area contributed by atoms with E-state index < -0.39 is 34.0 Å². The summed E-state index contributed by atoms with van der Waals surface area (Å²) < 4.78 is 73.2. The van der Waals surface area contributed by atoms with Crippen molar-refractivity contribution in [2.75, 3.05) is 22.7 Å². The van der Waals surface area contributed by atoms with Gasteiger partial charge in [0.1, 0.15) is 17.2 Å². The van der Waals surface area contributed by atoms with Gasteiger partial charge in [-0.2, -0.15) is 13.2 Å². The molecule has 0 radical (unpaired) electrons. The molecule has 3 aromatic rings. The van der Waals surface area contributed by atoms with Gasteiger partial charge in [0.05, 0.1) is 16.8 Å². The van der Waals surface area contributed by atoms with Gasteiger partial charge in [0.15, 0.2) is 0 Å². The van der Waals surface area contributed by atoms with Gasteiger partial charge in [0.25, 0.3) is 10.0 Å². The molecule has 2 aromatic carbocycles. The van der Waals surface area contributed by atoms with Gasteiger partial charge in [0, 0.05) is 13.1 Å². The first-order valence-corrected chi connectivity index (χ1v) is 13.4. The van der Waals surface area contributed by atoms with Gasteiger partial charge >= 0.3 is 18.1 Å². The Morgan fingerprint density at radius 2 is 1.68 bits per heavy atom. The van der Waals surface area contributed by atoms with Crippen LogP contribution in [-0.4, -0.2) is 54.8 Å². The second kappa shape index (κ2) is 12.4. The lowest BCUT2D eigenvalue weighted by atomic mass is 9.95. The van der Waals surface area contributed by atoms with Crippen LogP contribution in [0.2, 0.25) is 0 Å². The Hall–Kier alpha value is -4.46. The topological polar surface area (TPSA) is 137 Å². The van der Waals surface area contributed by atoms with Gasteiger partial charge in [-0.05, 0) is 60.7 Å². The van der Waals surface area contributed by atoms with Crippen LogP contribution in [-0.2, 0) is 14.8 Å². The third-order valence-corrected chi connectivity index (χ3v) is 7.55. The second-order valence-electron chi connectivity index (χ2n) is 8.96. The summed E-state index contributed by atoms with van der Waals surface area (Å²) >= 11 is 0. The molecule has 0 fully saturated rings. The normalized spacial score (nSPS) is 13.5. The molecule has 0 saturated carbocycles. The molecule has 0 unspecified atom stereocenters. The lowest BCUT2D eigenvalue weighted by molar-refractivity contribution is -0.192. The van der Waals surface area contributed by atoms with Gasteiger partial charge in [-0.15, -0.1) is 0 Å². The fourth-order valence-corrected chi connectivity index (χ4v) is 5.33. The van der Waals surface area contributed by atoms with E-state index in [9.17, 15) is 35.9 Å². The number of anilines is 2. The Labute approximate surface area is 232 Å². The van der Waals surface area contributed by atoms with E-state index >= 15 is 0 Å². The lowest BCUT2D eigenvalue weighted by Gasteiger charge is -2.29. The van der Waals surface area contributed by atoms with E-state index in [1.54, 1.807) is 6.92 Å². The van der Waals surface area contributed by atoms with E-state index in [4.69, 9.17) is 9.90 Å². The number of carboxylic acids is 2. The molecule has 1 aliphatic heterocycles. The summed E-state index contributed by atoms with van der Waals surface area (Å²) in [5.41, 5.74) is 3.77. The molecule has 14 heteroatoms. The summed E-state index contributed by atoms with van der Waals surface area (Å²) in [6.07, 6.45) is -1.03. The van der Waals surface area contributed by atoms with E-state index in [-0.39, 0.29) is 22.0 Å². The first-order chi connectivity index (χ1) is 19.1. The van der Waals surface area contributed by atoms with Crippen molar-refractivity contribution in [1.29, 1.82) is 0 Å². The minimum absolute atomic E-state index is 0.0158. The number of hydrogen-bond acceptors (Lipinski definition) is 6. The van der Waals surface area contributed by atoms with Gasteiger partial charge in [-0.3, -0.25) is 4.72 Å². The summed E-state index contributed by atoms with van der Waals surface area (Å²) in [7, 11) is -4.13. The first-order valence-electron chi connectivity index (χ1n) is 11.9. The van der Waals surface area contributed by atoms with E-state index in [1.165, 1.54) is 41.1 Å². The summed E-state index contributed by atoms with van der Waals surface area (Å²) in [6, 6.07) is 12.8. The van der Waals surface area contributed by atoms with Crippen molar-refractivity contribution < 1.29 is 45.8 Å². The van der Waals surface area contributed by atoms with Crippen LogP contribution in [0.15, 0.2) is 65.7 Å². The van der Waals surface area contributed by atoms with Gasteiger partial charge in [-0.25, -0.2) is 27.4 Å². The number of sulfonamides is 1. The molecule has 1 aliphatic rings. The molecule has 3 N–H and O–H groups in total. The maximum atomic E-state index is 13.6. The fraction of sp³-hybridized carbons (Fsp3) is 0.222. The molecular weight excluding hydrogens is 570 g/mol. The zero-order valence-electron chi connectivity index (χ0n) is 21.7. The maximum Gasteiger partial charge on any atom is 0.490 e. The number of nitrogens with one attached hydrogen (secondary N) is 1. The highest BCUT2D eigenvalue weighted by Crippen LogP contribution is 2.30. The molecule has 0 amide bonds. The number of aliphatic carboxylic acids is 1. The predicted molar refractivity (Wildman–Crippen MR) is 143 cm³/mol. The number of nitrogens with zero attached hydrogens (tertiary/aromatic N) is 2. The van der Waals surface area contributed by atoms with Crippen molar-refractivity contribution in [2.45, 2.75) is 31.3 Å². The number of aromatic carboxylic acids is 1. The number of benzene rings is 2. The number of hydrogen-bond donors (Lipinski definition) is 3. The van der Waals surface area contributed by atoms with Crippen LogP contribution in [0.5, 0.6) is 0 Å². The zero-order valence-corrected chi connectivity index (χ0v) is 22.6. The summed E-state index contributed by atoms with van der Waals surface area (Å²) in [5, 5.41) is 16.9. The molecule has 0 atom stereocenters. The lowest BCUT2D eigenvalue weighted by Crippen LogP contribution is -2.31. The molecule has 4 rings (SSSR count). The van der Waals surface area contributed by atoms with Gasteiger partial charge < -0.3 is 15.1 Å². The average molecular weight is 596 g/mol. The van der Waals surface area contributed by atoms with Crippen molar-refractivity contribution in [3.05, 3.63) is 88.9 Å². The Morgan fingerprint density at radius 3 is 2.24 bits per heavy atom. The molecule has 41 heavy (non-hydrogen) atoms. The number of carboxylic acid groups (broad SMARTS) is 2. The zero-order chi connectivity index (χ0) is 30.5. The largest absolute Gasteiger partial charge is 0.490 e. The minimum Gasteiger partial charge on any atom is -0.478 e. The van der Waals surface area contributed by atoms with E-state index in [0.29, 0.717) is 18.7 Å². The van der Waals surface area contributed by atoms with Gasteiger partial charge in [0.2, 0.25) is 0 Å². The molecular formula is C27H25F4N3O6S. The van der Waals surface area contributed by atoms with E-state index in [1.807, 2.05) is 17.0 Å². The molecule has 0 saturated heterocycles. The van der Waals surface area contributed by atoms with Gasteiger partial charge in [-0.1, -0.05) is 36.4 Å². The molecule has 0 spiro atoms.